The maximum atomic E-state index is 13.8. The molecule has 1 aromatic carbocycles. The van der Waals surface area contributed by atoms with Crippen molar-refractivity contribution in [1.29, 1.82) is 5.26 Å². The highest BCUT2D eigenvalue weighted by Crippen LogP contribution is 2.29. The predicted molar refractivity (Wildman–Crippen MR) is 69.7 cm³/mol. The van der Waals surface area contributed by atoms with Crippen molar-refractivity contribution in [3.8, 4) is 6.07 Å². The Morgan fingerprint density at radius 3 is 2.61 bits per heavy atom. The molecular weight excluding hydrogens is 231 g/mol. The first-order chi connectivity index (χ1) is 8.51. The number of nitriles is 1. The molecule has 2 atom stereocenters. The highest BCUT2D eigenvalue weighted by atomic mass is 19.1. The molecule has 0 radical (unpaired) electrons. The molecule has 0 spiro atoms. The van der Waals surface area contributed by atoms with Crippen LogP contribution in [0.3, 0.4) is 0 Å². The fourth-order valence-corrected chi connectivity index (χ4v) is 1.98. The molecule has 0 saturated carbocycles. The first-order valence-electron chi connectivity index (χ1n) is 6.12. The number of nitrogens with zero attached hydrogens (tertiary/aromatic N) is 2. The lowest BCUT2D eigenvalue weighted by Crippen LogP contribution is -2.29. The van der Waals surface area contributed by atoms with Gasteiger partial charge in [0.25, 0.3) is 0 Å². The van der Waals surface area contributed by atoms with E-state index in [4.69, 9.17) is 5.26 Å². The first kappa shape index (κ1) is 14.5. The van der Waals surface area contributed by atoms with Crippen molar-refractivity contribution >= 4 is 5.69 Å². The third-order valence-corrected chi connectivity index (χ3v) is 2.88. The summed E-state index contributed by atoms with van der Waals surface area (Å²) < 4.78 is 13.8. The minimum atomic E-state index is -0.868. The van der Waals surface area contributed by atoms with Gasteiger partial charge in [-0.3, -0.25) is 0 Å². The molecule has 98 valence electrons. The zero-order valence-corrected chi connectivity index (χ0v) is 11.0. The van der Waals surface area contributed by atoms with E-state index in [1.807, 2.05) is 18.7 Å². The average Bonchev–Trinajstić information content (AvgIpc) is 2.34. The van der Waals surface area contributed by atoms with Crippen molar-refractivity contribution < 1.29 is 9.50 Å². The summed E-state index contributed by atoms with van der Waals surface area (Å²) >= 11 is 0. The Labute approximate surface area is 107 Å². The number of benzene rings is 1. The molecular formula is C14H19FN2O. The molecule has 18 heavy (non-hydrogen) atoms. The van der Waals surface area contributed by atoms with Gasteiger partial charge in [0.1, 0.15) is 5.82 Å². The molecule has 0 fully saturated rings. The van der Waals surface area contributed by atoms with E-state index in [0.717, 1.165) is 0 Å². The monoisotopic (exact) mass is 250 g/mol. The van der Waals surface area contributed by atoms with Crippen molar-refractivity contribution in [2.45, 2.75) is 26.9 Å². The number of anilines is 1. The minimum absolute atomic E-state index is 0.143. The fourth-order valence-electron chi connectivity index (χ4n) is 1.98. The van der Waals surface area contributed by atoms with Gasteiger partial charge in [-0.25, -0.2) is 4.39 Å². The number of aliphatic hydroxyl groups excluding tert-OH is 1. The molecule has 1 unspecified atom stereocenters. The normalized spacial score (nSPS) is 13.8. The van der Waals surface area contributed by atoms with Crippen LogP contribution in [0.4, 0.5) is 10.1 Å². The molecule has 0 aliphatic rings. The summed E-state index contributed by atoms with van der Waals surface area (Å²) in [6.45, 7) is 6.50. The lowest BCUT2D eigenvalue weighted by atomic mass is 10.1. The molecule has 0 aliphatic carbocycles. The molecule has 0 heterocycles. The Morgan fingerprint density at radius 2 is 2.11 bits per heavy atom. The summed E-state index contributed by atoms with van der Waals surface area (Å²) in [6.07, 6.45) is -0.868. The maximum absolute atomic E-state index is 13.8. The second kappa shape index (κ2) is 6.36. The van der Waals surface area contributed by atoms with Crippen LogP contribution in [0.2, 0.25) is 0 Å². The van der Waals surface area contributed by atoms with E-state index in [1.54, 1.807) is 19.1 Å². The van der Waals surface area contributed by atoms with E-state index in [-0.39, 0.29) is 5.92 Å². The third-order valence-electron chi connectivity index (χ3n) is 2.88. The van der Waals surface area contributed by atoms with Gasteiger partial charge in [-0.15, -0.1) is 0 Å². The SMILES string of the molecule is CCN(CC(C)C#N)c1cccc(F)c1[C@@H](C)O. The van der Waals surface area contributed by atoms with Gasteiger partial charge in [-0.05, 0) is 32.9 Å². The fraction of sp³-hybridized carbons (Fsp3) is 0.500. The smallest absolute Gasteiger partial charge is 0.131 e. The van der Waals surface area contributed by atoms with Gasteiger partial charge in [0.2, 0.25) is 0 Å². The summed E-state index contributed by atoms with van der Waals surface area (Å²) in [7, 11) is 0. The van der Waals surface area contributed by atoms with Crippen LogP contribution in [0.5, 0.6) is 0 Å². The number of hydrogen-bond donors (Lipinski definition) is 1. The molecule has 0 saturated heterocycles. The second-order valence-corrected chi connectivity index (χ2v) is 4.42. The zero-order valence-electron chi connectivity index (χ0n) is 11.0. The molecule has 1 N–H and O–H groups in total. The van der Waals surface area contributed by atoms with Gasteiger partial charge in [0, 0.05) is 24.3 Å². The summed E-state index contributed by atoms with van der Waals surface area (Å²) in [6, 6.07) is 6.90. The van der Waals surface area contributed by atoms with E-state index >= 15 is 0 Å². The van der Waals surface area contributed by atoms with Crippen molar-refractivity contribution in [1.82, 2.24) is 0 Å². The van der Waals surface area contributed by atoms with Gasteiger partial charge < -0.3 is 10.0 Å². The van der Waals surface area contributed by atoms with E-state index in [9.17, 15) is 9.50 Å². The maximum Gasteiger partial charge on any atom is 0.131 e. The van der Waals surface area contributed by atoms with Crippen LogP contribution < -0.4 is 4.90 Å². The van der Waals surface area contributed by atoms with Crippen molar-refractivity contribution in [3.05, 3.63) is 29.6 Å². The Kier molecular flexibility index (Phi) is 5.11. The third kappa shape index (κ3) is 3.21. The zero-order chi connectivity index (χ0) is 13.7. The summed E-state index contributed by atoms with van der Waals surface area (Å²) in [5.41, 5.74) is 0.957. The molecule has 4 heteroatoms. The quantitative estimate of drug-likeness (QED) is 0.874. The highest BCUT2D eigenvalue weighted by molar-refractivity contribution is 5.55. The van der Waals surface area contributed by atoms with Crippen LogP contribution in [0.15, 0.2) is 18.2 Å². The van der Waals surface area contributed by atoms with Gasteiger partial charge in [-0.2, -0.15) is 5.26 Å². The van der Waals surface area contributed by atoms with Crippen LogP contribution in [0.25, 0.3) is 0 Å². The lowest BCUT2D eigenvalue weighted by Gasteiger charge is -2.27. The Morgan fingerprint density at radius 1 is 1.44 bits per heavy atom. The van der Waals surface area contributed by atoms with Gasteiger partial charge >= 0.3 is 0 Å². The summed E-state index contributed by atoms with van der Waals surface area (Å²) in [5, 5.41) is 18.5. The van der Waals surface area contributed by atoms with Crippen LogP contribution >= 0.6 is 0 Å². The number of aliphatic hydroxyl groups is 1. The Hall–Kier alpha value is -1.60. The highest BCUT2D eigenvalue weighted by Gasteiger charge is 2.18. The Bertz CT molecular complexity index is 440. The van der Waals surface area contributed by atoms with E-state index in [2.05, 4.69) is 6.07 Å². The van der Waals surface area contributed by atoms with Gasteiger partial charge in [0.05, 0.1) is 18.1 Å². The molecule has 0 aromatic heterocycles. The standard InChI is InChI=1S/C14H19FN2O/c1-4-17(9-10(2)8-16)13-7-5-6-12(15)14(13)11(3)18/h5-7,10-11,18H,4,9H2,1-3H3/t10?,11-/m1/s1. The van der Waals surface area contributed by atoms with Crippen LogP contribution in [-0.4, -0.2) is 18.2 Å². The topological polar surface area (TPSA) is 47.3 Å². The van der Waals surface area contributed by atoms with E-state index < -0.39 is 11.9 Å². The first-order valence-corrected chi connectivity index (χ1v) is 6.12. The van der Waals surface area contributed by atoms with Crippen molar-refractivity contribution in [2.24, 2.45) is 5.92 Å². The molecule has 1 aromatic rings. The second-order valence-electron chi connectivity index (χ2n) is 4.42. The van der Waals surface area contributed by atoms with E-state index in [0.29, 0.717) is 24.3 Å². The van der Waals surface area contributed by atoms with Crippen molar-refractivity contribution in [3.63, 3.8) is 0 Å². The van der Waals surface area contributed by atoms with Crippen LogP contribution in [-0.2, 0) is 0 Å². The largest absolute Gasteiger partial charge is 0.389 e. The summed E-state index contributed by atoms with van der Waals surface area (Å²) in [4.78, 5) is 1.92. The van der Waals surface area contributed by atoms with Gasteiger partial charge in [0.15, 0.2) is 0 Å². The molecule has 0 aliphatic heterocycles. The number of hydrogen-bond acceptors (Lipinski definition) is 3. The van der Waals surface area contributed by atoms with Crippen LogP contribution in [0.1, 0.15) is 32.4 Å². The van der Waals surface area contributed by atoms with Gasteiger partial charge in [-0.1, -0.05) is 6.07 Å². The van der Waals surface area contributed by atoms with E-state index in [1.165, 1.54) is 6.07 Å². The molecule has 1 rings (SSSR count). The molecule has 3 nitrogen and oxygen atoms in total. The lowest BCUT2D eigenvalue weighted by molar-refractivity contribution is 0.194. The minimum Gasteiger partial charge on any atom is -0.389 e. The molecule has 0 bridgehead atoms. The van der Waals surface area contributed by atoms with Crippen molar-refractivity contribution in [2.75, 3.05) is 18.0 Å². The summed E-state index contributed by atoms with van der Waals surface area (Å²) in [5.74, 6) is -0.555. The Balaban J connectivity index is 3.13. The number of halogens is 1. The number of rotatable bonds is 5. The molecule has 0 amide bonds. The van der Waals surface area contributed by atoms with Crippen LogP contribution in [0, 0.1) is 23.1 Å². The average molecular weight is 250 g/mol. The predicted octanol–water partition coefficient (Wildman–Crippen LogP) is 2.86.